The molecule has 1 fully saturated rings. The Morgan fingerprint density at radius 3 is 2.89 bits per heavy atom. The van der Waals surface area contributed by atoms with Crippen LogP contribution >= 0.6 is 15.9 Å². The zero-order valence-corrected chi connectivity index (χ0v) is 12.5. The molecule has 1 atom stereocenters. The molecule has 0 saturated heterocycles. The molecule has 1 unspecified atom stereocenters. The Balaban J connectivity index is 1.92. The first-order valence-corrected chi connectivity index (χ1v) is 7.17. The molecule has 1 N–H and O–H groups in total. The van der Waals surface area contributed by atoms with Gasteiger partial charge in [0, 0.05) is 16.1 Å². The lowest BCUT2D eigenvalue weighted by atomic mass is 10.1. The van der Waals surface area contributed by atoms with E-state index in [0.717, 1.165) is 28.3 Å². The molecule has 0 bridgehead atoms. The molecule has 1 aromatic rings. The van der Waals surface area contributed by atoms with Gasteiger partial charge in [0.25, 0.3) is 0 Å². The summed E-state index contributed by atoms with van der Waals surface area (Å²) in [6, 6.07) is 6.30. The second kappa shape index (κ2) is 6.55. The van der Waals surface area contributed by atoms with E-state index in [1.54, 1.807) is 0 Å². The van der Waals surface area contributed by atoms with Gasteiger partial charge in [-0.15, -0.1) is 0 Å². The van der Waals surface area contributed by atoms with Crippen molar-refractivity contribution in [3.63, 3.8) is 0 Å². The summed E-state index contributed by atoms with van der Waals surface area (Å²) in [5, 5.41) is 3.23. The lowest BCUT2D eigenvalue weighted by Gasteiger charge is -2.17. The third-order valence-corrected chi connectivity index (χ3v) is 3.71. The number of ether oxygens (including phenoxy) is 2. The number of nitrogens with one attached hydrogen (secondary N) is 1. The van der Waals surface area contributed by atoms with Crippen LogP contribution < -0.4 is 10.1 Å². The molecule has 0 radical (unpaired) electrons. The van der Waals surface area contributed by atoms with Crippen LogP contribution in [-0.4, -0.2) is 20.4 Å². The Bertz CT molecular complexity index is 393. The summed E-state index contributed by atoms with van der Waals surface area (Å²) in [5.74, 6) is 1.66. The zero-order chi connectivity index (χ0) is 13.0. The monoisotopic (exact) mass is 313 g/mol. The van der Waals surface area contributed by atoms with Gasteiger partial charge in [-0.1, -0.05) is 15.9 Å². The third kappa shape index (κ3) is 3.97. The van der Waals surface area contributed by atoms with E-state index >= 15 is 0 Å². The molecule has 2 rings (SSSR count). The van der Waals surface area contributed by atoms with Crippen molar-refractivity contribution in [2.75, 3.05) is 20.4 Å². The summed E-state index contributed by atoms with van der Waals surface area (Å²) in [6.45, 7) is 3.27. The van der Waals surface area contributed by atoms with Crippen LogP contribution in [0.2, 0.25) is 0 Å². The predicted octanol–water partition coefficient (Wildman–Crippen LogP) is 3.49. The first-order valence-electron chi connectivity index (χ1n) is 6.38. The van der Waals surface area contributed by atoms with E-state index in [9.17, 15) is 0 Å². The van der Waals surface area contributed by atoms with E-state index in [1.165, 1.54) is 12.8 Å². The smallest absolute Gasteiger partial charge is 0.189 e. The quantitative estimate of drug-likeness (QED) is 0.617. The molecule has 0 amide bonds. The highest BCUT2D eigenvalue weighted by Gasteiger charge is 2.21. The van der Waals surface area contributed by atoms with Gasteiger partial charge in [0.05, 0.1) is 6.61 Å². The van der Waals surface area contributed by atoms with E-state index in [-0.39, 0.29) is 6.04 Å². The first-order chi connectivity index (χ1) is 8.70. The lowest BCUT2D eigenvalue weighted by molar-refractivity contribution is 0.00925. The fourth-order valence-electron chi connectivity index (χ4n) is 1.75. The van der Waals surface area contributed by atoms with Crippen molar-refractivity contribution in [3.05, 3.63) is 28.2 Å². The maximum Gasteiger partial charge on any atom is 0.189 e. The fourth-order valence-corrected chi connectivity index (χ4v) is 2.13. The number of benzene rings is 1. The van der Waals surface area contributed by atoms with E-state index in [0.29, 0.717) is 6.79 Å². The largest absolute Gasteiger partial charge is 0.467 e. The van der Waals surface area contributed by atoms with E-state index in [4.69, 9.17) is 9.47 Å². The van der Waals surface area contributed by atoms with Gasteiger partial charge < -0.3 is 14.8 Å². The fraction of sp³-hybridized carbons (Fsp3) is 0.571. The number of halogens is 1. The van der Waals surface area contributed by atoms with Crippen LogP contribution in [0.4, 0.5) is 0 Å². The average Bonchev–Trinajstić information content (AvgIpc) is 3.19. The van der Waals surface area contributed by atoms with Crippen LogP contribution in [0.5, 0.6) is 5.75 Å². The Labute approximate surface area is 117 Å². The van der Waals surface area contributed by atoms with Crippen molar-refractivity contribution in [3.8, 4) is 5.75 Å². The second-order valence-electron chi connectivity index (χ2n) is 4.77. The highest BCUT2D eigenvalue weighted by molar-refractivity contribution is 9.10. The standard InChI is InChI=1S/C14H20BrNO2/c1-10(16-2)13-7-12(15)5-6-14(13)18-9-17-8-11-3-4-11/h5-7,10-11,16H,3-4,8-9H2,1-2H3. The molecule has 0 heterocycles. The minimum atomic E-state index is 0.251. The van der Waals surface area contributed by atoms with Crippen molar-refractivity contribution < 1.29 is 9.47 Å². The molecular formula is C14H20BrNO2. The number of rotatable bonds is 7. The average molecular weight is 314 g/mol. The minimum Gasteiger partial charge on any atom is -0.467 e. The van der Waals surface area contributed by atoms with Crippen LogP contribution in [0.15, 0.2) is 22.7 Å². The predicted molar refractivity (Wildman–Crippen MR) is 75.8 cm³/mol. The molecule has 18 heavy (non-hydrogen) atoms. The van der Waals surface area contributed by atoms with Gasteiger partial charge in [-0.25, -0.2) is 0 Å². The van der Waals surface area contributed by atoms with Crippen molar-refractivity contribution in [1.29, 1.82) is 0 Å². The molecule has 0 spiro atoms. The molecule has 0 aliphatic heterocycles. The summed E-state index contributed by atoms with van der Waals surface area (Å²) in [6.07, 6.45) is 2.61. The summed E-state index contributed by atoms with van der Waals surface area (Å²) in [4.78, 5) is 0. The third-order valence-electron chi connectivity index (χ3n) is 3.22. The van der Waals surface area contributed by atoms with Crippen LogP contribution in [0.3, 0.4) is 0 Å². The highest BCUT2D eigenvalue weighted by atomic mass is 79.9. The van der Waals surface area contributed by atoms with E-state index < -0.39 is 0 Å². The maximum absolute atomic E-state index is 5.71. The number of hydrogen-bond donors (Lipinski definition) is 1. The van der Waals surface area contributed by atoms with Crippen LogP contribution in [0, 0.1) is 5.92 Å². The van der Waals surface area contributed by atoms with Gasteiger partial charge in [-0.3, -0.25) is 0 Å². The van der Waals surface area contributed by atoms with Crippen molar-refractivity contribution in [2.45, 2.75) is 25.8 Å². The lowest BCUT2D eigenvalue weighted by Crippen LogP contribution is -2.14. The molecule has 1 saturated carbocycles. The molecule has 0 aromatic heterocycles. The minimum absolute atomic E-state index is 0.251. The summed E-state index contributed by atoms with van der Waals surface area (Å²) in [5.41, 5.74) is 1.14. The van der Waals surface area contributed by atoms with Gasteiger partial charge in [-0.05, 0) is 50.9 Å². The molecule has 4 heteroatoms. The second-order valence-corrected chi connectivity index (χ2v) is 5.68. The van der Waals surface area contributed by atoms with Crippen molar-refractivity contribution in [1.82, 2.24) is 5.32 Å². The molecule has 1 aromatic carbocycles. The van der Waals surface area contributed by atoms with Crippen molar-refractivity contribution >= 4 is 15.9 Å². The van der Waals surface area contributed by atoms with E-state index in [2.05, 4.69) is 34.2 Å². The highest BCUT2D eigenvalue weighted by Crippen LogP contribution is 2.30. The summed E-state index contributed by atoms with van der Waals surface area (Å²) in [7, 11) is 1.94. The molecule has 1 aliphatic rings. The van der Waals surface area contributed by atoms with Gasteiger partial charge in [0.1, 0.15) is 5.75 Å². The number of hydrogen-bond acceptors (Lipinski definition) is 3. The molecule has 1 aliphatic carbocycles. The Morgan fingerprint density at radius 2 is 2.22 bits per heavy atom. The molecule has 100 valence electrons. The van der Waals surface area contributed by atoms with Gasteiger partial charge in [-0.2, -0.15) is 0 Å². The van der Waals surface area contributed by atoms with Gasteiger partial charge in [0.2, 0.25) is 0 Å². The maximum atomic E-state index is 5.71. The Morgan fingerprint density at radius 1 is 1.44 bits per heavy atom. The van der Waals surface area contributed by atoms with Gasteiger partial charge >= 0.3 is 0 Å². The van der Waals surface area contributed by atoms with Gasteiger partial charge in [0.15, 0.2) is 6.79 Å². The zero-order valence-electron chi connectivity index (χ0n) is 10.9. The first kappa shape index (κ1) is 13.8. The Kier molecular flexibility index (Phi) is 5.03. The van der Waals surface area contributed by atoms with Crippen molar-refractivity contribution in [2.24, 2.45) is 5.92 Å². The topological polar surface area (TPSA) is 30.5 Å². The van der Waals surface area contributed by atoms with E-state index in [1.807, 2.05) is 19.2 Å². The molecule has 3 nitrogen and oxygen atoms in total. The van der Waals surface area contributed by atoms with Crippen LogP contribution in [0.1, 0.15) is 31.4 Å². The van der Waals surface area contributed by atoms with Crippen LogP contribution in [0.25, 0.3) is 0 Å². The van der Waals surface area contributed by atoms with Crippen LogP contribution in [-0.2, 0) is 4.74 Å². The summed E-state index contributed by atoms with van der Waals surface area (Å²) >= 11 is 3.49. The summed E-state index contributed by atoms with van der Waals surface area (Å²) < 4.78 is 12.3. The SMILES string of the molecule is CNC(C)c1cc(Br)ccc1OCOCC1CC1. The Hall–Kier alpha value is -0.580. The molecular weight excluding hydrogens is 294 g/mol. The normalized spacial score (nSPS) is 16.6.